The second kappa shape index (κ2) is 5.53. The van der Waals surface area contributed by atoms with E-state index in [1.165, 1.54) is 44.1 Å². The minimum Gasteiger partial charge on any atom is -0.306 e. The fourth-order valence-corrected chi connectivity index (χ4v) is 5.97. The van der Waals surface area contributed by atoms with Crippen LogP contribution in [-0.4, -0.2) is 25.5 Å². The molecule has 0 aromatic heterocycles. The van der Waals surface area contributed by atoms with E-state index in [1.807, 2.05) is 0 Å². The molecule has 0 unspecified atom stereocenters. The second-order valence-corrected chi connectivity index (χ2v) is 8.44. The summed E-state index contributed by atoms with van der Waals surface area (Å²) in [7, 11) is 4.36. The van der Waals surface area contributed by atoms with E-state index < -0.39 is 0 Å². The minimum atomic E-state index is 0.492. The Morgan fingerprint density at radius 2 is 1.55 bits per heavy atom. The van der Waals surface area contributed by atoms with E-state index in [4.69, 9.17) is 0 Å². The van der Waals surface area contributed by atoms with Crippen molar-refractivity contribution in [2.24, 2.45) is 23.2 Å². The highest BCUT2D eigenvalue weighted by atomic mass is 15.0. The van der Waals surface area contributed by atoms with Crippen molar-refractivity contribution in [2.45, 2.75) is 38.5 Å². The molecule has 22 heavy (non-hydrogen) atoms. The molecule has 4 saturated carbocycles. The van der Waals surface area contributed by atoms with Gasteiger partial charge in [-0.2, -0.15) is 0 Å². The van der Waals surface area contributed by atoms with Crippen LogP contribution in [0.2, 0.25) is 0 Å². The molecule has 118 valence electrons. The molecule has 5 rings (SSSR count). The summed E-state index contributed by atoms with van der Waals surface area (Å²) in [5.74, 6) is 3.04. The number of nitrogens with zero attached hydrogens (tertiary/aromatic N) is 1. The summed E-state index contributed by atoms with van der Waals surface area (Å²) < 4.78 is 0. The number of benzene rings is 1. The highest BCUT2D eigenvalue weighted by Gasteiger charge is 2.52. The van der Waals surface area contributed by atoms with Gasteiger partial charge in [0.2, 0.25) is 0 Å². The summed E-state index contributed by atoms with van der Waals surface area (Å²) in [5, 5.41) is 0. The lowest BCUT2D eigenvalue weighted by molar-refractivity contribution is -0.0179. The molecule has 0 atom stereocenters. The van der Waals surface area contributed by atoms with E-state index in [2.05, 4.69) is 55.4 Å². The predicted octanol–water partition coefficient (Wildman–Crippen LogP) is 4.85. The van der Waals surface area contributed by atoms with Crippen LogP contribution >= 0.6 is 0 Å². The quantitative estimate of drug-likeness (QED) is 0.767. The van der Waals surface area contributed by atoms with E-state index in [0.29, 0.717) is 5.41 Å². The molecule has 4 bridgehead atoms. The van der Waals surface area contributed by atoms with Crippen molar-refractivity contribution in [2.75, 3.05) is 20.6 Å². The van der Waals surface area contributed by atoms with Crippen LogP contribution in [0.25, 0.3) is 5.57 Å². The molecular formula is C21H29N. The minimum absolute atomic E-state index is 0.492. The summed E-state index contributed by atoms with van der Waals surface area (Å²) in [6.07, 6.45) is 11.5. The van der Waals surface area contributed by atoms with Crippen LogP contribution in [0.15, 0.2) is 36.4 Å². The van der Waals surface area contributed by atoms with Crippen LogP contribution in [0.5, 0.6) is 0 Å². The largest absolute Gasteiger partial charge is 0.306 e. The third-order valence-corrected chi connectivity index (χ3v) is 6.35. The average Bonchev–Trinajstić information content (AvgIpc) is 2.46. The highest BCUT2D eigenvalue weighted by Crippen LogP contribution is 2.64. The Kier molecular flexibility index (Phi) is 3.64. The van der Waals surface area contributed by atoms with E-state index in [1.54, 1.807) is 5.57 Å². The lowest BCUT2D eigenvalue weighted by Crippen LogP contribution is -2.46. The first-order valence-corrected chi connectivity index (χ1v) is 9.05. The van der Waals surface area contributed by atoms with Gasteiger partial charge in [-0.05, 0) is 86.9 Å². The maximum Gasteiger partial charge on any atom is 0.0163 e. The molecule has 4 fully saturated rings. The lowest BCUT2D eigenvalue weighted by Gasteiger charge is -2.58. The van der Waals surface area contributed by atoms with Gasteiger partial charge in [0.05, 0.1) is 0 Å². The Bertz CT molecular complexity index is 519. The van der Waals surface area contributed by atoms with Crippen LogP contribution in [0, 0.1) is 23.2 Å². The van der Waals surface area contributed by atoms with Crippen molar-refractivity contribution < 1.29 is 0 Å². The molecule has 0 heterocycles. The van der Waals surface area contributed by atoms with Gasteiger partial charge in [0.25, 0.3) is 0 Å². The number of allylic oxidation sites excluding steroid dienone is 1. The van der Waals surface area contributed by atoms with Crippen molar-refractivity contribution in [3.63, 3.8) is 0 Å². The predicted molar refractivity (Wildman–Crippen MR) is 93.6 cm³/mol. The maximum atomic E-state index is 2.54. The van der Waals surface area contributed by atoms with Crippen molar-refractivity contribution in [1.29, 1.82) is 0 Å². The summed E-state index contributed by atoms with van der Waals surface area (Å²) in [5.41, 5.74) is 3.64. The van der Waals surface area contributed by atoms with Crippen molar-refractivity contribution in [3.05, 3.63) is 42.0 Å². The molecule has 1 aromatic rings. The van der Waals surface area contributed by atoms with Gasteiger partial charge in [0.15, 0.2) is 0 Å². The first-order valence-electron chi connectivity index (χ1n) is 9.05. The summed E-state index contributed by atoms with van der Waals surface area (Å²) in [6.45, 7) is 1.06. The third-order valence-electron chi connectivity index (χ3n) is 6.35. The molecule has 0 aliphatic heterocycles. The van der Waals surface area contributed by atoms with Crippen LogP contribution in [0.1, 0.15) is 44.1 Å². The van der Waals surface area contributed by atoms with Crippen LogP contribution in [0.3, 0.4) is 0 Å². The molecule has 0 saturated heterocycles. The summed E-state index contributed by atoms with van der Waals surface area (Å²) in [6, 6.07) is 11.2. The normalized spacial score (nSPS) is 37.0. The molecule has 0 spiro atoms. The van der Waals surface area contributed by atoms with Gasteiger partial charge in [-0.15, -0.1) is 0 Å². The Hall–Kier alpha value is -1.08. The summed E-state index contributed by atoms with van der Waals surface area (Å²) in [4.78, 5) is 2.30. The van der Waals surface area contributed by atoms with Gasteiger partial charge in [-0.1, -0.05) is 36.4 Å². The first kappa shape index (κ1) is 14.5. The van der Waals surface area contributed by atoms with Gasteiger partial charge in [0, 0.05) is 6.54 Å². The molecule has 1 heteroatoms. The fraction of sp³-hybridized carbons (Fsp3) is 0.619. The maximum absolute atomic E-state index is 2.54. The zero-order valence-corrected chi connectivity index (χ0v) is 14.1. The zero-order valence-electron chi connectivity index (χ0n) is 14.1. The lowest BCUT2D eigenvalue weighted by atomic mass is 9.47. The van der Waals surface area contributed by atoms with Crippen LogP contribution < -0.4 is 0 Å². The SMILES string of the molecule is CN(C)C/C=C(\c1ccccc1)C12CC3CC(CC(C3)C1)C2. The topological polar surface area (TPSA) is 3.24 Å². The first-order chi connectivity index (χ1) is 10.6. The molecule has 0 N–H and O–H groups in total. The van der Waals surface area contributed by atoms with Gasteiger partial charge in [-0.3, -0.25) is 0 Å². The molecule has 0 radical (unpaired) electrons. The Morgan fingerprint density at radius 1 is 1.00 bits per heavy atom. The van der Waals surface area contributed by atoms with Gasteiger partial charge < -0.3 is 4.90 Å². The number of hydrogen-bond acceptors (Lipinski definition) is 1. The van der Waals surface area contributed by atoms with Crippen LogP contribution in [-0.2, 0) is 0 Å². The average molecular weight is 295 g/mol. The third kappa shape index (κ3) is 2.54. The van der Waals surface area contributed by atoms with E-state index in [-0.39, 0.29) is 0 Å². The number of rotatable bonds is 4. The zero-order chi connectivity index (χ0) is 15.2. The Morgan fingerprint density at radius 3 is 2.05 bits per heavy atom. The number of likely N-dealkylation sites (N-methyl/N-ethyl adjacent to an activating group) is 1. The smallest absolute Gasteiger partial charge is 0.0163 e. The van der Waals surface area contributed by atoms with Gasteiger partial charge in [-0.25, -0.2) is 0 Å². The molecular weight excluding hydrogens is 266 g/mol. The van der Waals surface area contributed by atoms with E-state index in [0.717, 1.165) is 24.3 Å². The Balaban J connectivity index is 1.73. The van der Waals surface area contributed by atoms with Gasteiger partial charge in [0.1, 0.15) is 0 Å². The molecule has 0 amide bonds. The molecule has 1 nitrogen and oxygen atoms in total. The monoisotopic (exact) mass is 295 g/mol. The van der Waals surface area contributed by atoms with E-state index in [9.17, 15) is 0 Å². The van der Waals surface area contributed by atoms with Crippen molar-refractivity contribution in [3.8, 4) is 0 Å². The van der Waals surface area contributed by atoms with Crippen molar-refractivity contribution in [1.82, 2.24) is 4.90 Å². The van der Waals surface area contributed by atoms with E-state index >= 15 is 0 Å². The van der Waals surface area contributed by atoms with Gasteiger partial charge >= 0.3 is 0 Å². The number of hydrogen-bond donors (Lipinski definition) is 0. The molecule has 4 aliphatic rings. The van der Waals surface area contributed by atoms with Crippen LogP contribution in [0.4, 0.5) is 0 Å². The molecule has 1 aromatic carbocycles. The Labute approximate surface area is 135 Å². The fourth-order valence-electron chi connectivity index (χ4n) is 5.97. The summed E-state index contributed by atoms with van der Waals surface area (Å²) >= 11 is 0. The second-order valence-electron chi connectivity index (χ2n) is 8.44. The highest BCUT2D eigenvalue weighted by molar-refractivity contribution is 5.71. The molecule has 4 aliphatic carbocycles. The standard InChI is InChI=1S/C21H29N/c1-22(2)9-8-20(19-6-4-3-5-7-19)21-13-16-10-17(14-21)12-18(11-16)15-21/h3-8,16-18H,9-15H2,1-2H3/b20-8+. The van der Waals surface area contributed by atoms with Crippen molar-refractivity contribution >= 4 is 5.57 Å².